The van der Waals surface area contributed by atoms with Gasteiger partial charge in [0.2, 0.25) is 0 Å². The molecular formula is C22H27ClN2OS. The van der Waals surface area contributed by atoms with E-state index in [0.717, 1.165) is 40.4 Å². The van der Waals surface area contributed by atoms with Gasteiger partial charge in [-0.3, -0.25) is 9.78 Å². The zero-order chi connectivity index (χ0) is 19.4. The van der Waals surface area contributed by atoms with Crippen molar-refractivity contribution in [1.82, 2.24) is 4.98 Å². The molecule has 0 saturated heterocycles. The number of anilines is 1. The van der Waals surface area contributed by atoms with Crippen molar-refractivity contribution in [3.63, 3.8) is 0 Å². The van der Waals surface area contributed by atoms with Crippen molar-refractivity contribution in [1.29, 1.82) is 0 Å². The number of nitrogens with zero attached hydrogens (tertiary/aromatic N) is 1. The third-order valence-electron chi connectivity index (χ3n) is 5.36. The van der Waals surface area contributed by atoms with Crippen molar-refractivity contribution in [2.24, 2.45) is 0 Å². The van der Waals surface area contributed by atoms with Gasteiger partial charge in [-0.15, -0.1) is 11.8 Å². The van der Waals surface area contributed by atoms with Crippen LogP contribution in [0, 0.1) is 13.8 Å². The van der Waals surface area contributed by atoms with Crippen LogP contribution in [0.5, 0.6) is 0 Å². The average Bonchev–Trinajstić information content (AvgIpc) is 2.95. The Bertz CT molecular complexity index is 829. The first kappa shape index (κ1) is 20.2. The normalized spacial score (nSPS) is 15.4. The molecule has 1 N–H and O–H groups in total. The second kappa shape index (κ2) is 9.11. The van der Waals surface area contributed by atoms with E-state index in [1.807, 2.05) is 44.4 Å². The Hall–Kier alpha value is -1.52. The Kier molecular flexibility index (Phi) is 6.83. The Morgan fingerprint density at radius 1 is 1.19 bits per heavy atom. The van der Waals surface area contributed by atoms with Crippen LogP contribution < -0.4 is 5.32 Å². The Labute approximate surface area is 171 Å². The highest BCUT2D eigenvalue weighted by atomic mass is 35.5. The van der Waals surface area contributed by atoms with Crippen molar-refractivity contribution in [2.75, 3.05) is 11.6 Å². The molecule has 1 aliphatic carbocycles. The van der Waals surface area contributed by atoms with E-state index in [-0.39, 0.29) is 5.91 Å². The highest BCUT2D eigenvalue weighted by Crippen LogP contribution is 2.36. The quantitative estimate of drug-likeness (QED) is 0.453. The summed E-state index contributed by atoms with van der Waals surface area (Å²) in [5, 5.41) is 3.66. The molecule has 0 bridgehead atoms. The van der Waals surface area contributed by atoms with Crippen molar-refractivity contribution >= 4 is 35.0 Å². The van der Waals surface area contributed by atoms with Crippen LogP contribution in [0.2, 0.25) is 5.02 Å². The molecule has 0 unspecified atom stereocenters. The maximum atomic E-state index is 13.2. The van der Waals surface area contributed by atoms with Crippen LogP contribution >= 0.6 is 23.4 Å². The minimum atomic E-state index is -0.112. The minimum Gasteiger partial charge on any atom is -0.322 e. The molecule has 144 valence electrons. The van der Waals surface area contributed by atoms with E-state index in [4.69, 9.17) is 16.6 Å². The van der Waals surface area contributed by atoms with Crippen LogP contribution in [-0.2, 0) is 0 Å². The summed E-state index contributed by atoms with van der Waals surface area (Å²) < 4.78 is 0. The predicted octanol–water partition coefficient (Wildman–Crippen LogP) is 6.76. The summed E-state index contributed by atoms with van der Waals surface area (Å²) in [7, 11) is 0. The number of rotatable bonds is 4. The number of hydrogen-bond donors (Lipinski definition) is 1. The summed E-state index contributed by atoms with van der Waals surface area (Å²) in [6, 6.07) is 7.90. The van der Waals surface area contributed by atoms with E-state index in [1.54, 1.807) is 11.8 Å². The number of amides is 1. The fraction of sp³-hybridized carbons (Fsp3) is 0.455. The first-order valence-corrected chi connectivity index (χ1v) is 11.2. The molecule has 1 aromatic carbocycles. The standard InChI is InChI=1S/C22H27ClN2OS/c1-14-19(22(26)25-17-11-8-12-18(13-17)27-3)21(24-15(2)20(14)23)16-9-6-4-5-7-10-16/h8,11-13,16H,4-7,9-10H2,1-3H3,(H,25,26). The molecule has 2 aromatic rings. The summed E-state index contributed by atoms with van der Waals surface area (Å²) in [6.45, 7) is 3.86. The summed E-state index contributed by atoms with van der Waals surface area (Å²) in [6.07, 6.45) is 9.15. The third-order valence-corrected chi connectivity index (χ3v) is 6.65. The lowest BCUT2D eigenvalue weighted by atomic mass is 9.90. The van der Waals surface area contributed by atoms with Crippen LogP contribution in [0.4, 0.5) is 5.69 Å². The maximum Gasteiger partial charge on any atom is 0.257 e. The lowest BCUT2D eigenvalue weighted by Crippen LogP contribution is -2.20. The molecule has 27 heavy (non-hydrogen) atoms. The molecule has 1 aromatic heterocycles. The van der Waals surface area contributed by atoms with Gasteiger partial charge in [0.05, 0.1) is 22.0 Å². The van der Waals surface area contributed by atoms with Gasteiger partial charge >= 0.3 is 0 Å². The second-order valence-electron chi connectivity index (χ2n) is 7.27. The van der Waals surface area contributed by atoms with E-state index in [0.29, 0.717) is 16.5 Å². The van der Waals surface area contributed by atoms with Crippen LogP contribution in [0.3, 0.4) is 0 Å². The van der Waals surface area contributed by atoms with Crippen molar-refractivity contribution in [3.8, 4) is 0 Å². The number of pyridine rings is 1. The zero-order valence-corrected chi connectivity index (χ0v) is 17.8. The molecule has 3 rings (SSSR count). The monoisotopic (exact) mass is 402 g/mol. The summed E-state index contributed by atoms with van der Waals surface area (Å²) in [4.78, 5) is 19.1. The average molecular weight is 403 g/mol. The van der Waals surface area contributed by atoms with E-state index in [9.17, 15) is 4.79 Å². The zero-order valence-electron chi connectivity index (χ0n) is 16.3. The molecule has 0 atom stereocenters. The maximum absolute atomic E-state index is 13.2. The molecule has 1 aliphatic rings. The number of hydrogen-bond acceptors (Lipinski definition) is 3. The number of halogens is 1. The van der Waals surface area contributed by atoms with Gasteiger partial charge in [-0.2, -0.15) is 0 Å². The molecule has 1 amide bonds. The number of aryl methyl sites for hydroxylation is 1. The number of nitrogens with one attached hydrogen (secondary N) is 1. The van der Waals surface area contributed by atoms with Crippen LogP contribution in [-0.4, -0.2) is 17.1 Å². The minimum absolute atomic E-state index is 0.112. The number of carbonyl (C=O) groups excluding carboxylic acids is 1. The fourth-order valence-corrected chi connectivity index (χ4v) is 4.48. The van der Waals surface area contributed by atoms with Crippen LogP contribution in [0.1, 0.15) is 71.8 Å². The third kappa shape index (κ3) is 4.67. The largest absolute Gasteiger partial charge is 0.322 e. The Morgan fingerprint density at radius 3 is 2.56 bits per heavy atom. The van der Waals surface area contributed by atoms with Crippen molar-refractivity contribution in [2.45, 2.75) is 63.2 Å². The van der Waals surface area contributed by atoms with Crippen molar-refractivity contribution in [3.05, 3.63) is 51.8 Å². The molecule has 3 nitrogen and oxygen atoms in total. The van der Waals surface area contributed by atoms with Gasteiger partial charge in [-0.25, -0.2) is 0 Å². The van der Waals surface area contributed by atoms with Gasteiger partial charge in [0.1, 0.15) is 0 Å². The van der Waals surface area contributed by atoms with Gasteiger partial charge in [0.25, 0.3) is 5.91 Å². The second-order valence-corrected chi connectivity index (χ2v) is 8.53. The topological polar surface area (TPSA) is 42.0 Å². The smallest absolute Gasteiger partial charge is 0.257 e. The lowest BCUT2D eigenvalue weighted by Gasteiger charge is -2.21. The van der Waals surface area contributed by atoms with Crippen molar-refractivity contribution < 1.29 is 4.79 Å². The van der Waals surface area contributed by atoms with Gasteiger partial charge < -0.3 is 5.32 Å². The highest BCUT2D eigenvalue weighted by Gasteiger charge is 2.26. The lowest BCUT2D eigenvalue weighted by molar-refractivity contribution is 0.102. The van der Waals surface area contributed by atoms with E-state index < -0.39 is 0 Å². The highest BCUT2D eigenvalue weighted by molar-refractivity contribution is 7.98. The summed E-state index contributed by atoms with van der Waals surface area (Å²) in [5.41, 5.74) is 4.04. The fourth-order valence-electron chi connectivity index (χ4n) is 3.89. The van der Waals surface area contributed by atoms with Gasteiger partial charge in [0, 0.05) is 16.5 Å². The molecule has 5 heteroatoms. The Balaban J connectivity index is 1.99. The number of aromatic nitrogens is 1. The van der Waals surface area contributed by atoms with Gasteiger partial charge in [-0.05, 0) is 56.7 Å². The van der Waals surface area contributed by atoms with Crippen LogP contribution in [0.25, 0.3) is 0 Å². The summed E-state index contributed by atoms with van der Waals surface area (Å²) >= 11 is 8.13. The molecule has 0 radical (unpaired) electrons. The number of carbonyl (C=O) groups is 1. The van der Waals surface area contributed by atoms with Crippen LogP contribution in [0.15, 0.2) is 29.2 Å². The molecule has 0 aliphatic heterocycles. The molecular weight excluding hydrogens is 376 g/mol. The van der Waals surface area contributed by atoms with E-state index in [1.165, 1.54) is 25.7 Å². The predicted molar refractivity (Wildman–Crippen MR) is 115 cm³/mol. The number of benzene rings is 1. The summed E-state index contributed by atoms with van der Waals surface area (Å²) in [5.74, 6) is 0.222. The molecule has 1 fully saturated rings. The van der Waals surface area contributed by atoms with E-state index >= 15 is 0 Å². The Morgan fingerprint density at radius 2 is 1.89 bits per heavy atom. The van der Waals surface area contributed by atoms with Gasteiger partial charge in [0.15, 0.2) is 0 Å². The molecule has 1 saturated carbocycles. The van der Waals surface area contributed by atoms with E-state index in [2.05, 4.69) is 5.32 Å². The first-order chi connectivity index (χ1) is 13.0. The first-order valence-electron chi connectivity index (χ1n) is 9.63. The molecule has 0 spiro atoms. The SMILES string of the molecule is CSc1cccc(NC(=O)c2c(C3CCCCCC3)nc(C)c(Cl)c2C)c1. The van der Waals surface area contributed by atoms with Gasteiger partial charge in [-0.1, -0.05) is 43.4 Å². The molecule has 1 heterocycles. The number of thioether (sulfide) groups is 1.